The summed E-state index contributed by atoms with van der Waals surface area (Å²) in [6.45, 7) is 13.5. The van der Waals surface area contributed by atoms with Crippen molar-refractivity contribution in [3.8, 4) is 33.8 Å². The Morgan fingerprint density at radius 3 is 1.30 bits per heavy atom. The van der Waals surface area contributed by atoms with Gasteiger partial charge in [0.2, 0.25) is 0 Å². The van der Waals surface area contributed by atoms with Gasteiger partial charge >= 0.3 is 0 Å². The van der Waals surface area contributed by atoms with E-state index >= 15 is 0 Å². The highest BCUT2D eigenvalue weighted by molar-refractivity contribution is 7.04. The van der Waals surface area contributed by atoms with Crippen molar-refractivity contribution in [1.82, 2.24) is 0 Å². The highest BCUT2D eigenvalue weighted by Crippen LogP contribution is 2.49. The fourth-order valence-electron chi connectivity index (χ4n) is 11.8. The Balaban J connectivity index is 1.11. The molecule has 0 unspecified atom stereocenters. The molecule has 0 saturated heterocycles. The van der Waals surface area contributed by atoms with Crippen LogP contribution in [0, 0.1) is 0 Å². The number of nitrogens with zero attached hydrogens (tertiary/aromatic N) is 3. The number of rotatable bonds is 4. The van der Waals surface area contributed by atoms with E-state index in [1.165, 1.54) is 66.7 Å². The van der Waals surface area contributed by atoms with Gasteiger partial charge in [-0.15, -0.1) is 0 Å². The predicted octanol–water partition coefficient (Wildman–Crippen LogP) is 11.7. The largest absolute Gasteiger partial charge is 0.508 e. The van der Waals surface area contributed by atoms with Crippen LogP contribution in [0.4, 0.5) is 51.2 Å². The summed E-state index contributed by atoms with van der Waals surface area (Å²) in [5.74, 6) is 0.488. The normalized spacial score (nSPS) is 13.9. The summed E-state index contributed by atoms with van der Waals surface area (Å²) in [6.07, 6.45) is 0. The van der Waals surface area contributed by atoms with Crippen molar-refractivity contribution in [2.75, 3.05) is 14.7 Å². The summed E-state index contributed by atoms with van der Waals surface area (Å²) in [5, 5.41) is 20.9. The minimum atomic E-state index is -0.0783. The van der Waals surface area contributed by atoms with E-state index in [0.717, 1.165) is 50.7 Å². The minimum Gasteiger partial charge on any atom is -0.508 e. The lowest BCUT2D eigenvalue weighted by molar-refractivity contribution is 0.475. The molecule has 0 amide bonds. The van der Waals surface area contributed by atoms with Gasteiger partial charge in [0.15, 0.2) is 0 Å². The van der Waals surface area contributed by atoms with Crippen LogP contribution < -0.4 is 47.5 Å². The SMILES string of the molecule is CC(C)(C)c1ccc(N2c3ccccc3B3c4cccc5c4N(c4cccc2c43)c2cc(-c3ccc(O)cc3)cc3c2B5c2ccc(-c4ccc(O)cc4)cc2N3c2ccc(C(C)(C)C)cc2)cc1. The van der Waals surface area contributed by atoms with Crippen LogP contribution in [-0.4, -0.2) is 23.6 Å². The highest BCUT2D eigenvalue weighted by atomic mass is 16.3. The van der Waals surface area contributed by atoms with Crippen LogP contribution in [0.3, 0.4) is 0 Å². The summed E-state index contributed by atoms with van der Waals surface area (Å²) in [4.78, 5) is 7.54. The maximum absolute atomic E-state index is 10.6. The lowest BCUT2D eigenvalue weighted by Crippen LogP contribution is -2.68. The number of fused-ring (bicyclic) bond motifs is 8. The van der Waals surface area contributed by atoms with Crippen LogP contribution in [-0.2, 0) is 10.8 Å². The van der Waals surface area contributed by atoms with E-state index in [-0.39, 0.29) is 35.8 Å². The van der Waals surface area contributed by atoms with Crippen LogP contribution in [0.1, 0.15) is 52.7 Å². The Morgan fingerprint density at radius 2 is 0.739 bits per heavy atom. The van der Waals surface area contributed by atoms with Crippen LogP contribution in [0.25, 0.3) is 22.3 Å². The standard InChI is InChI=1S/C62H51B2N3O2/c1-61(2,3)42-22-26-44(27-23-42)65-52-14-8-7-11-48(52)63-50-12-9-13-51-60(50)67(54-16-10-15-53(65)58(54)63)57-37-41(39-19-32-47(69)33-20-39)36-56-59(57)64(51)49-34-21-40(38-17-30-46(68)31-18-38)35-55(49)66(56)45-28-24-43(25-29-45)62(4,5)6/h7-37,68-69H,1-6H3. The summed E-state index contributed by atoms with van der Waals surface area (Å²) in [6, 6.07) is 68.1. The van der Waals surface area contributed by atoms with E-state index in [9.17, 15) is 10.2 Å². The first-order valence-corrected chi connectivity index (χ1v) is 24.2. The van der Waals surface area contributed by atoms with E-state index < -0.39 is 0 Å². The van der Waals surface area contributed by atoms with E-state index in [2.05, 4.69) is 196 Å². The lowest BCUT2D eigenvalue weighted by atomic mass is 9.29. The number of anilines is 9. The van der Waals surface area contributed by atoms with E-state index in [4.69, 9.17) is 0 Å². The summed E-state index contributed by atoms with van der Waals surface area (Å²) < 4.78 is 0. The molecule has 5 nitrogen and oxygen atoms in total. The molecule has 0 saturated carbocycles. The highest BCUT2D eigenvalue weighted by Gasteiger charge is 2.50. The van der Waals surface area contributed by atoms with Crippen LogP contribution in [0.5, 0.6) is 11.5 Å². The summed E-state index contributed by atoms with van der Waals surface area (Å²) in [7, 11) is 0. The van der Waals surface area contributed by atoms with E-state index in [1.807, 2.05) is 24.3 Å². The second-order valence-corrected chi connectivity index (χ2v) is 21.3. The molecule has 0 aromatic heterocycles. The van der Waals surface area contributed by atoms with Crippen molar-refractivity contribution in [2.45, 2.75) is 52.4 Å². The molecule has 332 valence electrons. The first-order valence-electron chi connectivity index (χ1n) is 24.2. The minimum absolute atomic E-state index is 0.00256. The second-order valence-electron chi connectivity index (χ2n) is 21.3. The van der Waals surface area contributed by atoms with Crippen LogP contribution >= 0.6 is 0 Å². The van der Waals surface area contributed by atoms with E-state index in [1.54, 1.807) is 24.3 Å². The number of aromatic hydroxyl groups is 2. The summed E-state index contributed by atoms with van der Waals surface area (Å²) >= 11 is 0. The van der Waals surface area contributed by atoms with Crippen molar-refractivity contribution in [3.63, 3.8) is 0 Å². The van der Waals surface area contributed by atoms with Crippen molar-refractivity contribution in [2.24, 2.45) is 0 Å². The van der Waals surface area contributed by atoms with Gasteiger partial charge in [0.25, 0.3) is 13.4 Å². The Labute approximate surface area is 405 Å². The topological polar surface area (TPSA) is 50.2 Å². The average molecular weight is 892 g/mol. The molecule has 2 N–H and O–H groups in total. The van der Waals surface area contributed by atoms with Crippen LogP contribution in [0.2, 0.25) is 0 Å². The monoisotopic (exact) mass is 891 g/mol. The van der Waals surface area contributed by atoms with Gasteiger partial charge in [-0.3, -0.25) is 0 Å². The number of phenols is 2. The number of phenolic OH excluding ortho intramolecular Hbond substituents is 2. The lowest BCUT2D eigenvalue weighted by Gasteiger charge is -2.49. The van der Waals surface area contributed by atoms with Gasteiger partial charge in [0.05, 0.1) is 0 Å². The molecule has 0 aliphatic carbocycles. The first-order chi connectivity index (χ1) is 33.3. The Kier molecular flexibility index (Phi) is 8.86. The molecule has 4 heterocycles. The molecule has 0 spiro atoms. The molecule has 9 aromatic rings. The van der Waals surface area contributed by atoms with Crippen molar-refractivity contribution in [1.29, 1.82) is 0 Å². The third kappa shape index (κ3) is 6.26. The Hall–Kier alpha value is -7.89. The van der Waals surface area contributed by atoms with E-state index in [0.29, 0.717) is 0 Å². The number of benzene rings is 9. The quantitative estimate of drug-likeness (QED) is 0.172. The van der Waals surface area contributed by atoms with Gasteiger partial charge in [-0.25, -0.2) is 0 Å². The molecule has 4 aliphatic heterocycles. The number of para-hydroxylation sites is 2. The molecule has 0 fully saturated rings. The Morgan fingerprint density at radius 1 is 0.333 bits per heavy atom. The van der Waals surface area contributed by atoms with Crippen LogP contribution in [0.15, 0.2) is 188 Å². The van der Waals surface area contributed by atoms with Gasteiger partial charge in [-0.2, -0.15) is 0 Å². The van der Waals surface area contributed by atoms with Gasteiger partial charge < -0.3 is 24.9 Å². The van der Waals surface area contributed by atoms with Crippen molar-refractivity contribution < 1.29 is 10.2 Å². The summed E-state index contributed by atoms with van der Waals surface area (Å²) in [5.41, 5.74) is 24.9. The zero-order valence-corrected chi connectivity index (χ0v) is 39.8. The molecule has 9 aromatic carbocycles. The zero-order valence-electron chi connectivity index (χ0n) is 39.8. The average Bonchev–Trinajstić information content (AvgIpc) is 3.35. The maximum Gasteiger partial charge on any atom is 0.252 e. The third-order valence-electron chi connectivity index (χ3n) is 15.1. The molecular weight excluding hydrogens is 840 g/mol. The van der Waals surface area contributed by atoms with Gasteiger partial charge in [-0.1, -0.05) is 145 Å². The molecular formula is C62H51B2N3O2. The molecule has 13 rings (SSSR count). The van der Waals surface area contributed by atoms with Gasteiger partial charge in [0, 0.05) is 51.2 Å². The molecule has 0 atom stereocenters. The fraction of sp³-hybridized carbons (Fsp3) is 0.129. The molecule has 0 bridgehead atoms. The number of hydrogen-bond acceptors (Lipinski definition) is 5. The zero-order chi connectivity index (χ0) is 47.1. The third-order valence-corrected chi connectivity index (χ3v) is 15.1. The predicted molar refractivity (Wildman–Crippen MR) is 291 cm³/mol. The van der Waals surface area contributed by atoms with Gasteiger partial charge in [-0.05, 0) is 162 Å². The molecule has 69 heavy (non-hydrogen) atoms. The van der Waals surface area contributed by atoms with Crippen molar-refractivity contribution in [3.05, 3.63) is 199 Å². The number of hydrogen-bond donors (Lipinski definition) is 2. The second kappa shape index (κ2) is 14.8. The Bertz CT molecular complexity index is 3550. The molecule has 0 radical (unpaired) electrons. The molecule has 7 heteroatoms. The maximum atomic E-state index is 10.6. The first kappa shape index (κ1) is 41.3. The smallest absolute Gasteiger partial charge is 0.252 e. The fourth-order valence-corrected chi connectivity index (χ4v) is 11.8. The van der Waals surface area contributed by atoms with Gasteiger partial charge in [0.1, 0.15) is 11.5 Å². The van der Waals surface area contributed by atoms with Crippen molar-refractivity contribution >= 4 is 97.4 Å². The molecule has 4 aliphatic rings.